The van der Waals surface area contributed by atoms with Gasteiger partial charge in [-0.3, -0.25) is 0 Å². The highest BCUT2D eigenvalue weighted by atomic mass is 19.4. The predicted octanol–water partition coefficient (Wildman–Crippen LogP) is 4.25. The van der Waals surface area contributed by atoms with Gasteiger partial charge < -0.3 is 10.1 Å². The maximum atomic E-state index is 12.5. The fourth-order valence-electron chi connectivity index (χ4n) is 2.44. The fraction of sp³-hybridized carbons (Fsp3) is 0.125. The first-order valence-electron chi connectivity index (χ1n) is 6.41. The fourth-order valence-corrected chi connectivity index (χ4v) is 2.44. The highest BCUT2D eigenvalue weighted by Gasteiger charge is 2.33. The summed E-state index contributed by atoms with van der Waals surface area (Å²) in [6, 6.07) is 13.4. The molecule has 0 saturated carbocycles. The monoisotopic (exact) mass is 291 g/mol. The van der Waals surface area contributed by atoms with Crippen molar-refractivity contribution in [2.24, 2.45) is 0 Å². The number of nitrogens with one attached hydrogen (secondary N) is 1. The highest BCUT2D eigenvalue weighted by Crippen LogP contribution is 2.36. The average molecular weight is 291 g/mol. The number of rotatable bonds is 2. The van der Waals surface area contributed by atoms with Crippen molar-refractivity contribution in [3.63, 3.8) is 0 Å². The lowest BCUT2D eigenvalue weighted by Gasteiger charge is -2.26. The van der Waals surface area contributed by atoms with Crippen molar-refractivity contribution in [3.05, 3.63) is 71.4 Å². The van der Waals surface area contributed by atoms with Gasteiger partial charge in [0.05, 0.1) is 6.04 Å². The van der Waals surface area contributed by atoms with E-state index in [2.05, 4.69) is 10.1 Å². The summed E-state index contributed by atoms with van der Waals surface area (Å²) in [5.41, 5.74) is 2.34. The number of halogens is 3. The van der Waals surface area contributed by atoms with Crippen molar-refractivity contribution >= 4 is 6.08 Å². The SMILES string of the molecule is FC(F)(F)Oc1ccccc1C1NC=Cc2ccccc21. The normalized spacial score (nSPS) is 17.0. The van der Waals surface area contributed by atoms with Crippen LogP contribution in [0.2, 0.25) is 0 Å². The first-order valence-corrected chi connectivity index (χ1v) is 6.41. The molecule has 0 saturated heterocycles. The van der Waals surface area contributed by atoms with E-state index in [1.165, 1.54) is 12.1 Å². The van der Waals surface area contributed by atoms with Gasteiger partial charge in [0.2, 0.25) is 0 Å². The van der Waals surface area contributed by atoms with Crippen molar-refractivity contribution in [1.29, 1.82) is 0 Å². The maximum Gasteiger partial charge on any atom is 0.573 e. The molecule has 0 aliphatic carbocycles. The first-order chi connectivity index (χ1) is 10.0. The van der Waals surface area contributed by atoms with Crippen molar-refractivity contribution in [1.82, 2.24) is 5.32 Å². The summed E-state index contributed by atoms with van der Waals surface area (Å²) in [6.45, 7) is 0. The molecule has 1 aliphatic rings. The molecule has 0 radical (unpaired) electrons. The topological polar surface area (TPSA) is 21.3 Å². The Morgan fingerprint density at radius 1 is 0.905 bits per heavy atom. The Bertz CT molecular complexity index is 679. The zero-order chi connectivity index (χ0) is 14.9. The van der Waals surface area contributed by atoms with Gasteiger partial charge in [-0.2, -0.15) is 0 Å². The molecule has 3 rings (SSSR count). The maximum absolute atomic E-state index is 12.5. The minimum atomic E-state index is -4.71. The zero-order valence-corrected chi connectivity index (χ0v) is 10.9. The minimum Gasteiger partial charge on any atom is -0.405 e. The molecule has 2 nitrogen and oxygen atoms in total. The first kappa shape index (κ1) is 13.5. The number of ether oxygens (including phenoxy) is 1. The Morgan fingerprint density at radius 2 is 1.57 bits per heavy atom. The van der Waals surface area contributed by atoms with E-state index >= 15 is 0 Å². The zero-order valence-electron chi connectivity index (χ0n) is 10.9. The van der Waals surface area contributed by atoms with Crippen LogP contribution in [0.1, 0.15) is 22.7 Å². The summed E-state index contributed by atoms with van der Waals surface area (Å²) in [6.07, 6.45) is -1.09. The van der Waals surface area contributed by atoms with Crippen LogP contribution in [0.15, 0.2) is 54.7 Å². The van der Waals surface area contributed by atoms with Crippen LogP contribution < -0.4 is 10.1 Å². The van der Waals surface area contributed by atoms with Gasteiger partial charge in [-0.15, -0.1) is 13.2 Å². The quantitative estimate of drug-likeness (QED) is 0.893. The second-order valence-corrected chi connectivity index (χ2v) is 4.65. The number of fused-ring (bicyclic) bond motifs is 1. The van der Waals surface area contributed by atoms with Gasteiger partial charge in [-0.25, -0.2) is 0 Å². The molecule has 1 aliphatic heterocycles. The van der Waals surface area contributed by atoms with Gasteiger partial charge in [-0.1, -0.05) is 42.5 Å². The van der Waals surface area contributed by atoms with Gasteiger partial charge in [0, 0.05) is 5.56 Å². The molecule has 108 valence electrons. The third kappa shape index (κ3) is 2.86. The van der Waals surface area contributed by atoms with E-state index in [1.807, 2.05) is 30.3 Å². The number of benzene rings is 2. The lowest BCUT2D eigenvalue weighted by Crippen LogP contribution is -2.24. The van der Waals surface area contributed by atoms with Crippen molar-refractivity contribution in [3.8, 4) is 5.75 Å². The van der Waals surface area contributed by atoms with E-state index in [1.54, 1.807) is 18.3 Å². The van der Waals surface area contributed by atoms with Crippen molar-refractivity contribution in [2.45, 2.75) is 12.4 Å². The summed E-state index contributed by atoms with van der Waals surface area (Å²) in [4.78, 5) is 0. The third-order valence-corrected chi connectivity index (χ3v) is 3.29. The van der Waals surface area contributed by atoms with Crippen LogP contribution in [0.4, 0.5) is 13.2 Å². The second-order valence-electron chi connectivity index (χ2n) is 4.65. The van der Waals surface area contributed by atoms with Crippen LogP contribution >= 0.6 is 0 Å². The van der Waals surface area contributed by atoms with Crippen LogP contribution in [0.3, 0.4) is 0 Å². The van der Waals surface area contributed by atoms with E-state index in [4.69, 9.17) is 0 Å². The Balaban J connectivity index is 2.04. The van der Waals surface area contributed by atoms with Crippen molar-refractivity contribution in [2.75, 3.05) is 0 Å². The second kappa shape index (κ2) is 5.16. The van der Waals surface area contributed by atoms with E-state index < -0.39 is 6.36 Å². The number of alkyl halides is 3. The number of hydrogen-bond acceptors (Lipinski definition) is 2. The summed E-state index contributed by atoms with van der Waals surface area (Å²) >= 11 is 0. The van der Waals surface area contributed by atoms with Crippen LogP contribution in [-0.4, -0.2) is 6.36 Å². The molecule has 0 amide bonds. The van der Waals surface area contributed by atoms with E-state index in [9.17, 15) is 13.2 Å². The molecule has 5 heteroatoms. The Hall–Kier alpha value is -2.43. The minimum absolute atomic E-state index is 0.187. The number of hydrogen-bond donors (Lipinski definition) is 1. The molecule has 21 heavy (non-hydrogen) atoms. The molecule has 0 aromatic heterocycles. The van der Waals surface area contributed by atoms with E-state index in [0.717, 1.165) is 11.1 Å². The van der Waals surface area contributed by atoms with Crippen LogP contribution in [0.5, 0.6) is 5.75 Å². The Labute approximate surface area is 119 Å². The lowest BCUT2D eigenvalue weighted by molar-refractivity contribution is -0.274. The molecule has 0 bridgehead atoms. The standard InChI is InChI=1S/C16H12F3NO/c17-16(18,19)21-14-8-4-3-7-13(14)15-12-6-2-1-5-11(12)9-10-20-15/h1-10,15,20H. The number of para-hydroxylation sites is 1. The average Bonchev–Trinajstić information content (AvgIpc) is 2.46. The molecule has 0 fully saturated rings. The van der Waals surface area contributed by atoms with Crippen molar-refractivity contribution < 1.29 is 17.9 Å². The molecule has 2 aromatic carbocycles. The smallest absolute Gasteiger partial charge is 0.405 e. The molecular weight excluding hydrogens is 279 g/mol. The van der Waals surface area contributed by atoms with Crippen LogP contribution in [0, 0.1) is 0 Å². The van der Waals surface area contributed by atoms with Crippen LogP contribution in [-0.2, 0) is 0 Å². The van der Waals surface area contributed by atoms with Gasteiger partial charge >= 0.3 is 6.36 Å². The molecular formula is C16H12F3NO. The molecule has 0 spiro atoms. The lowest BCUT2D eigenvalue weighted by atomic mass is 9.92. The Kier molecular flexibility index (Phi) is 3.33. The molecule has 1 N–H and O–H groups in total. The molecule has 2 aromatic rings. The van der Waals surface area contributed by atoms with Crippen LogP contribution in [0.25, 0.3) is 6.08 Å². The third-order valence-electron chi connectivity index (χ3n) is 3.29. The largest absolute Gasteiger partial charge is 0.573 e. The highest BCUT2D eigenvalue weighted by molar-refractivity contribution is 5.59. The van der Waals surface area contributed by atoms with Gasteiger partial charge in [0.25, 0.3) is 0 Å². The van der Waals surface area contributed by atoms with Gasteiger partial charge in [-0.05, 0) is 29.5 Å². The Morgan fingerprint density at radius 3 is 2.33 bits per heavy atom. The predicted molar refractivity (Wildman–Crippen MR) is 73.6 cm³/mol. The molecule has 1 heterocycles. The van der Waals surface area contributed by atoms with Gasteiger partial charge in [0.15, 0.2) is 0 Å². The molecule has 1 unspecified atom stereocenters. The van der Waals surface area contributed by atoms with Gasteiger partial charge in [0.1, 0.15) is 5.75 Å². The van der Waals surface area contributed by atoms with E-state index in [-0.39, 0.29) is 11.8 Å². The summed E-state index contributed by atoms with van der Waals surface area (Å²) in [5, 5.41) is 3.09. The summed E-state index contributed by atoms with van der Waals surface area (Å²) in [5.74, 6) is -0.187. The van der Waals surface area contributed by atoms with E-state index in [0.29, 0.717) is 5.56 Å². The summed E-state index contributed by atoms with van der Waals surface area (Å²) in [7, 11) is 0. The molecule has 1 atom stereocenters. The summed E-state index contributed by atoms with van der Waals surface area (Å²) < 4.78 is 41.7.